The number of benzene rings is 3. The van der Waals surface area contributed by atoms with Gasteiger partial charge in [-0.1, -0.05) is 78.4 Å². The molecule has 0 unspecified atom stereocenters. The molecular formula is C24H26O3S. The first-order chi connectivity index (χ1) is 13.2. The minimum Gasteiger partial charge on any atom is -0.390 e. The van der Waals surface area contributed by atoms with E-state index in [0.29, 0.717) is 5.56 Å². The summed E-state index contributed by atoms with van der Waals surface area (Å²) < 4.78 is 27.6. The molecule has 0 saturated heterocycles. The second-order valence-corrected chi connectivity index (χ2v) is 9.80. The maximum Gasteiger partial charge on any atom is 0.186 e. The van der Waals surface area contributed by atoms with Gasteiger partial charge in [-0.3, -0.25) is 0 Å². The molecular weight excluding hydrogens is 368 g/mol. The summed E-state index contributed by atoms with van der Waals surface area (Å²) in [5, 5.41) is 10.1. The third kappa shape index (κ3) is 4.18. The summed E-state index contributed by atoms with van der Waals surface area (Å²) in [4.78, 5) is 0.261. The Hall–Kier alpha value is -2.43. The molecule has 0 saturated carbocycles. The Labute approximate surface area is 167 Å². The van der Waals surface area contributed by atoms with Crippen LogP contribution in [0.3, 0.4) is 0 Å². The molecule has 0 bridgehead atoms. The van der Waals surface area contributed by atoms with E-state index in [2.05, 4.69) is 0 Å². The summed E-state index contributed by atoms with van der Waals surface area (Å²) in [6, 6.07) is 25.4. The lowest BCUT2D eigenvalue weighted by atomic mass is 9.80. The van der Waals surface area contributed by atoms with Crippen molar-refractivity contribution in [3.8, 4) is 0 Å². The average Bonchev–Trinajstić information content (AvgIpc) is 2.66. The van der Waals surface area contributed by atoms with E-state index in [4.69, 9.17) is 0 Å². The molecule has 0 radical (unpaired) electrons. The molecule has 0 aliphatic carbocycles. The fourth-order valence-electron chi connectivity index (χ4n) is 3.68. The SMILES string of the molecule is Cc1ccc(S(=O)(=O)[C@H](c2ccccc2)[C@@H](c2ccccc2)C(C)(C)O)cc1. The van der Waals surface area contributed by atoms with Gasteiger partial charge >= 0.3 is 0 Å². The van der Waals surface area contributed by atoms with Crippen molar-refractivity contribution in [3.63, 3.8) is 0 Å². The van der Waals surface area contributed by atoms with Crippen molar-refractivity contribution in [3.05, 3.63) is 102 Å². The Bertz CT molecular complexity index is 1000. The minimum absolute atomic E-state index is 0.261. The van der Waals surface area contributed by atoms with Gasteiger partial charge in [0.2, 0.25) is 0 Å². The third-order valence-electron chi connectivity index (χ3n) is 5.03. The highest BCUT2D eigenvalue weighted by molar-refractivity contribution is 7.91. The highest BCUT2D eigenvalue weighted by Crippen LogP contribution is 2.46. The van der Waals surface area contributed by atoms with E-state index in [0.717, 1.165) is 11.1 Å². The Morgan fingerprint density at radius 3 is 1.68 bits per heavy atom. The molecule has 2 atom stereocenters. The zero-order valence-electron chi connectivity index (χ0n) is 16.4. The minimum atomic E-state index is -3.76. The average molecular weight is 395 g/mol. The van der Waals surface area contributed by atoms with E-state index in [9.17, 15) is 13.5 Å². The van der Waals surface area contributed by atoms with E-state index in [1.165, 1.54) is 0 Å². The molecule has 3 aromatic carbocycles. The standard InChI is InChI=1S/C24H26O3S/c1-18-14-16-21(17-15-18)28(26,27)23(20-12-8-5-9-13-20)22(24(2,3)25)19-10-6-4-7-11-19/h4-17,22-23,25H,1-3H3/t22-,23-/m1/s1. The van der Waals surface area contributed by atoms with Gasteiger partial charge in [0.05, 0.1) is 10.5 Å². The van der Waals surface area contributed by atoms with Gasteiger partial charge in [0.1, 0.15) is 5.25 Å². The van der Waals surface area contributed by atoms with E-state index < -0.39 is 26.6 Å². The molecule has 3 nitrogen and oxygen atoms in total. The molecule has 0 aromatic heterocycles. The Morgan fingerprint density at radius 1 is 0.750 bits per heavy atom. The number of aryl methyl sites for hydroxylation is 1. The van der Waals surface area contributed by atoms with Gasteiger partial charge in [-0.2, -0.15) is 0 Å². The summed E-state index contributed by atoms with van der Waals surface area (Å²) in [5.74, 6) is -0.637. The van der Waals surface area contributed by atoms with Crippen LogP contribution in [0.1, 0.15) is 41.7 Å². The number of hydrogen-bond acceptors (Lipinski definition) is 3. The summed E-state index contributed by atoms with van der Waals surface area (Å²) >= 11 is 0. The Balaban J connectivity index is 2.26. The molecule has 0 aliphatic rings. The van der Waals surface area contributed by atoms with Crippen LogP contribution in [0.5, 0.6) is 0 Å². The van der Waals surface area contributed by atoms with E-state index >= 15 is 0 Å². The molecule has 146 valence electrons. The maximum atomic E-state index is 13.8. The smallest absolute Gasteiger partial charge is 0.186 e. The highest BCUT2D eigenvalue weighted by Gasteiger charge is 2.44. The summed E-state index contributed by atoms with van der Waals surface area (Å²) in [7, 11) is -3.76. The topological polar surface area (TPSA) is 54.4 Å². The zero-order chi connectivity index (χ0) is 20.4. The lowest BCUT2D eigenvalue weighted by molar-refractivity contribution is 0.0475. The number of sulfone groups is 1. The van der Waals surface area contributed by atoms with Crippen LogP contribution in [0, 0.1) is 6.92 Å². The lowest BCUT2D eigenvalue weighted by Gasteiger charge is -2.36. The lowest BCUT2D eigenvalue weighted by Crippen LogP contribution is -2.36. The Kier molecular flexibility index (Phi) is 5.73. The monoisotopic (exact) mass is 394 g/mol. The summed E-state index contributed by atoms with van der Waals surface area (Å²) in [5.41, 5.74) is 1.20. The molecule has 0 heterocycles. The second-order valence-electron chi connectivity index (χ2n) is 7.73. The molecule has 0 fully saturated rings. The van der Waals surface area contributed by atoms with Gasteiger partial charge in [-0.15, -0.1) is 0 Å². The van der Waals surface area contributed by atoms with E-state index in [1.807, 2.05) is 67.6 Å². The molecule has 4 heteroatoms. The van der Waals surface area contributed by atoms with Gasteiger partial charge in [0.15, 0.2) is 9.84 Å². The van der Waals surface area contributed by atoms with Gasteiger partial charge in [0, 0.05) is 5.92 Å². The fourth-order valence-corrected chi connectivity index (χ4v) is 5.85. The molecule has 3 aromatic rings. The van der Waals surface area contributed by atoms with Crippen LogP contribution in [0.15, 0.2) is 89.8 Å². The molecule has 1 N–H and O–H groups in total. The van der Waals surface area contributed by atoms with Gasteiger partial charge < -0.3 is 5.11 Å². The van der Waals surface area contributed by atoms with Gasteiger partial charge in [-0.05, 0) is 44.0 Å². The molecule has 0 amide bonds. The van der Waals surface area contributed by atoms with E-state index in [1.54, 1.807) is 38.1 Å². The summed E-state index contributed by atoms with van der Waals surface area (Å²) in [6.07, 6.45) is 0. The predicted molar refractivity (Wildman–Crippen MR) is 113 cm³/mol. The van der Waals surface area contributed by atoms with Crippen LogP contribution >= 0.6 is 0 Å². The second kappa shape index (κ2) is 7.90. The van der Waals surface area contributed by atoms with Crippen molar-refractivity contribution in [1.29, 1.82) is 0 Å². The first kappa shape index (κ1) is 20.3. The van der Waals surface area contributed by atoms with Crippen LogP contribution in [0.2, 0.25) is 0 Å². The van der Waals surface area contributed by atoms with Crippen molar-refractivity contribution in [2.75, 3.05) is 0 Å². The van der Waals surface area contributed by atoms with Gasteiger partial charge in [0.25, 0.3) is 0 Å². The van der Waals surface area contributed by atoms with Crippen molar-refractivity contribution in [2.45, 2.75) is 42.4 Å². The van der Waals surface area contributed by atoms with Crippen LogP contribution < -0.4 is 0 Å². The van der Waals surface area contributed by atoms with Crippen LogP contribution in [-0.4, -0.2) is 19.1 Å². The first-order valence-electron chi connectivity index (χ1n) is 9.34. The highest BCUT2D eigenvalue weighted by atomic mass is 32.2. The zero-order valence-corrected chi connectivity index (χ0v) is 17.2. The van der Waals surface area contributed by atoms with Crippen molar-refractivity contribution in [1.82, 2.24) is 0 Å². The quantitative estimate of drug-likeness (QED) is 0.635. The van der Waals surface area contributed by atoms with Crippen molar-refractivity contribution < 1.29 is 13.5 Å². The number of rotatable bonds is 6. The van der Waals surface area contributed by atoms with E-state index in [-0.39, 0.29) is 4.90 Å². The number of hydrogen-bond donors (Lipinski definition) is 1. The fraction of sp³-hybridized carbons (Fsp3) is 0.250. The molecule has 28 heavy (non-hydrogen) atoms. The summed E-state index contributed by atoms with van der Waals surface area (Å²) in [6.45, 7) is 5.27. The molecule has 0 spiro atoms. The van der Waals surface area contributed by atoms with Crippen LogP contribution in [0.25, 0.3) is 0 Å². The first-order valence-corrected chi connectivity index (χ1v) is 10.9. The maximum absolute atomic E-state index is 13.8. The predicted octanol–water partition coefficient (Wildman–Crippen LogP) is 5.06. The van der Waals surface area contributed by atoms with Crippen LogP contribution in [0.4, 0.5) is 0 Å². The molecule has 3 rings (SSSR count). The largest absolute Gasteiger partial charge is 0.390 e. The van der Waals surface area contributed by atoms with Crippen molar-refractivity contribution >= 4 is 9.84 Å². The molecule has 0 aliphatic heterocycles. The third-order valence-corrected chi connectivity index (χ3v) is 7.18. The number of aliphatic hydroxyl groups is 1. The van der Waals surface area contributed by atoms with Gasteiger partial charge in [-0.25, -0.2) is 8.42 Å². The van der Waals surface area contributed by atoms with Crippen molar-refractivity contribution in [2.24, 2.45) is 0 Å². The normalized spacial score (nSPS) is 14.4. The van der Waals surface area contributed by atoms with Crippen LogP contribution in [-0.2, 0) is 9.84 Å². The Morgan fingerprint density at radius 2 is 1.21 bits per heavy atom.